The molecule has 0 amide bonds. The van der Waals surface area contributed by atoms with Crippen molar-refractivity contribution in [2.75, 3.05) is 21.3 Å². The zero-order chi connectivity index (χ0) is 18.9. The summed E-state index contributed by atoms with van der Waals surface area (Å²) >= 11 is 0. The second kappa shape index (κ2) is 9.27. The fourth-order valence-electron chi connectivity index (χ4n) is 2.31. The molecule has 0 radical (unpaired) electrons. The van der Waals surface area contributed by atoms with E-state index in [4.69, 9.17) is 19.0 Å². The van der Waals surface area contributed by atoms with E-state index in [1.54, 1.807) is 32.2 Å². The van der Waals surface area contributed by atoms with E-state index in [0.717, 1.165) is 5.56 Å². The molecule has 0 fully saturated rings. The van der Waals surface area contributed by atoms with Crippen LogP contribution >= 0.6 is 0 Å². The van der Waals surface area contributed by atoms with Gasteiger partial charge in [-0.25, -0.2) is 4.79 Å². The lowest BCUT2D eigenvalue weighted by molar-refractivity contribution is -0.133. The van der Waals surface area contributed by atoms with E-state index >= 15 is 0 Å². The molecule has 0 aliphatic rings. The Morgan fingerprint density at radius 1 is 0.962 bits per heavy atom. The molecule has 0 aliphatic carbocycles. The third-order valence-electron chi connectivity index (χ3n) is 3.58. The zero-order valence-electron chi connectivity index (χ0n) is 15.2. The van der Waals surface area contributed by atoms with E-state index in [9.17, 15) is 4.79 Å². The number of rotatable bonds is 7. The van der Waals surface area contributed by atoms with Crippen LogP contribution in [0.1, 0.15) is 18.1 Å². The Labute approximate surface area is 152 Å². The first kappa shape index (κ1) is 19.1. The number of carbonyl (C=O) groups is 1. The third-order valence-corrected chi connectivity index (χ3v) is 3.58. The highest BCUT2D eigenvalue weighted by Gasteiger charge is 2.18. The summed E-state index contributed by atoms with van der Waals surface area (Å²) in [7, 11) is 4.38. The van der Waals surface area contributed by atoms with E-state index in [1.165, 1.54) is 20.5 Å². The Morgan fingerprint density at radius 3 is 2.31 bits per heavy atom. The molecule has 2 aromatic rings. The van der Waals surface area contributed by atoms with Gasteiger partial charge in [-0.1, -0.05) is 35.5 Å². The summed E-state index contributed by atoms with van der Waals surface area (Å²) in [5.41, 5.74) is 2.25. The summed E-state index contributed by atoms with van der Waals surface area (Å²) in [6.07, 6.45) is 1.35. The number of carbonyl (C=O) groups excluding carboxylic acids is 1. The number of methoxy groups -OCH3 is 3. The van der Waals surface area contributed by atoms with Gasteiger partial charge in [0.15, 0.2) is 5.75 Å². The topological polar surface area (TPSA) is 66.4 Å². The Balaban J connectivity index is 2.35. The van der Waals surface area contributed by atoms with Crippen LogP contribution in [0.2, 0.25) is 0 Å². The van der Waals surface area contributed by atoms with Gasteiger partial charge in [0, 0.05) is 17.2 Å². The molecule has 0 N–H and O–H groups in total. The van der Waals surface area contributed by atoms with Crippen molar-refractivity contribution in [1.82, 2.24) is 0 Å². The number of hydrogen-bond donors (Lipinski definition) is 0. The molecule has 136 valence electrons. The van der Waals surface area contributed by atoms with Crippen LogP contribution in [0.5, 0.6) is 11.5 Å². The number of hydrogen-bond acceptors (Lipinski definition) is 6. The van der Waals surface area contributed by atoms with Crippen LogP contribution in [0, 0.1) is 0 Å². The van der Waals surface area contributed by atoms with Gasteiger partial charge in [0.25, 0.3) is 0 Å². The predicted molar refractivity (Wildman–Crippen MR) is 99.3 cm³/mol. The van der Waals surface area contributed by atoms with Gasteiger partial charge in [0.2, 0.25) is 0 Å². The largest absolute Gasteiger partial charge is 0.503 e. The Kier molecular flexibility index (Phi) is 6.79. The molecule has 0 unspecified atom stereocenters. The summed E-state index contributed by atoms with van der Waals surface area (Å²) in [5.74, 6) is 0.717. The molecular weight excluding hydrogens is 334 g/mol. The van der Waals surface area contributed by atoms with Crippen LogP contribution < -0.4 is 9.57 Å². The summed E-state index contributed by atoms with van der Waals surface area (Å²) in [5, 5.41) is 4.17. The molecule has 6 heteroatoms. The highest BCUT2D eigenvalue weighted by atomic mass is 16.6. The van der Waals surface area contributed by atoms with Crippen molar-refractivity contribution in [2.45, 2.75) is 6.92 Å². The SMILES string of the molecule is CO/C=C(/C(=O)OC)c1ccccc1C(C)=NOc1cccc(OC)c1. The average molecular weight is 355 g/mol. The minimum Gasteiger partial charge on any atom is -0.503 e. The van der Waals surface area contributed by atoms with Crippen molar-refractivity contribution in [3.8, 4) is 11.5 Å². The lowest BCUT2D eigenvalue weighted by Crippen LogP contribution is -2.09. The van der Waals surface area contributed by atoms with Crippen LogP contribution in [-0.4, -0.2) is 33.0 Å². The van der Waals surface area contributed by atoms with Crippen LogP contribution in [-0.2, 0) is 14.3 Å². The predicted octanol–water partition coefficient (Wildman–Crippen LogP) is 3.66. The molecule has 0 heterocycles. The highest BCUT2D eigenvalue weighted by Crippen LogP contribution is 2.23. The van der Waals surface area contributed by atoms with Gasteiger partial charge in [0.05, 0.1) is 33.3 Å². The second-order valence-electron chi connectivity index (χ2n) is 5.25. The van der Waals surface area contributed by atoms with Crippen molar-refractivity contribution in [2.24, 2.45) is 5.16 Å². The maximum Gasteiger partial charge on any atom is 0.341 e. The van der Waals surface area contributed by atoms with Crippen molar-refractivity contribution in [1.29, 1.82) is 0 Å². The first-order chi connectivity index (χ1) is 12.6. The van der Waals surface area contributed by atoms with Gasteiger partial charge in [0.1, 0.15) is 11.3 Å². The zero-order valence-corrected chi connectivity index (χ0v) is 15.2. The molecule has 0 aliphatic heterocycles. The summed E-state index contributed by atoms with van der Waals surface area (Å²) in [4.78, 5) is 17.6. The Morgan fingerprint density at radius 2 is 1.65 bits per heavy atom. The number of esters is 1. The van der Waals surface area contributed by atoms with Gasteiger partial charge >= 0.3 is 5.97 Å². The lowest BCUT2D eigenvalue weighted by Gasteiger charge is -2.11. The van der Waals surface area contributed by atoms with Gasteiger partial charge in [-0.2, -0.15) is 0 Å². The highest BCUT2D eigenvalue weighted by molar-refractivity contribution is 6.19. The molecule has 2 rings (SSSR count). The number of nitrogens with zero attached hydrogens (tertiary/aromatic N) is 1. The molecule has 2 aromatic carbocycles. The smallest absolute Gasteiger partial charge is 0.341 e. The van der Waals surface area contributed by atoms with E-state index < -0.39 is 5.97 Å². The van der Waals surface area contributed by atoms with Crippen molar-refractivity contribution in [3.05, 3.63) is 65.9 Å². The molecule has 0 spiro atoms. The van der Waals surface area contributed by atoms with Crippen molar-refractivity contribution in [3.63, 3.8) is 0 Å². The van der Waals surface area contributed by atoms with E-state index in [1.807, 2.05) is 30.3 Å². The monoisotopic (exact) mass is 355 g/mol. The minimum absolute atomic E-state index is 0.293. The van der Waals surface area contributed by atoms with Crippen LogP contribution in [0.15, 0.2) is 59.9 Å². The molecule has 0 aromatic heterocycles. The summed E-state index contributed by atoms with van der Waals surface area (Å²) < 4.78 is 15.0. The second-order valence-corrected chi connectivity index (χ2v) is 5.25. The quantitative estimate of drug-likeness (QED) is 0.249. The van der Waals surface area contributed by atoms with Crippen LogP contribution in [0.25, 0.3) is 5.57 Å². The van der Waals surface area contributed by atoms with E-state index in [2.05, 4.69) is 5.16 Å². The van der Waals surface area contributed by atoms with Crippen molar-refractivity contribution >= 4 is 17.3 Å². The molecular formula is C20H21NO5. The average Bonchev–Trinajstić information content (AvgIpc) is 2.69. The minimum atomic E-state index is -0.499. The first-order valence-electron chi connectivity index (χ1n) is 7.87. The number of oxime groups is 1. The lowest BCUT2D eigenvalue weighted by atomic mass is 9.98. The number of ether oxygens (including phenoxy) is 3. The first-order valence-corrected chi connectivity index (χ1v) is 7.87. The van der Waals surface area contributed by atoms with Gasteiger partial charge in [-0.3, -0.25) is 0 Å². The maximum atomic E-state index is 12.1. The molecule has 6 nitrogen and oxygen atoms in total. The standard InChI is InChI=1S/C20H21NO5/c1-14(21-26-16-9-7-8-15(12-16)24-3)17-10-5-6-11-18(17)19(13-23-2)20(22)25-4/h5-13H,1-4H3/b19-13+,21-14?. The molecule has 0 saturated carbocycles. The maximum absolute atomic E-state index is 12.1. The Bertz CT molecular complexity index is 826. The molecule has 26 heavy (non-hydrogen) atoms. The number of benzene rings is 2. The molecule has 0 bridgehead atoms. The van der Waals surface area contributed by atoms with Gasteiger partial charge < -0.3 is 19.0 Å². The van der Waals surface area contributed by atoms with Gasteiger partial charge in [-0.15, -0.1) is 0 Å². The molecule has 0 atom stereocenters. The fourth-order valence-corrected chi connectivity index (χ4v) is 2.31. The van der Waals surface area contributed by atoms with Crippen LogP contribution in [0.4, 0.5) is 0 Å². The van der Waals surface area contributed by atoms with Gasteiger partial charge in [-0.05, 0) is 19.1 Å². The van der Waals surface area contributed by atoms with E-state index in [0.29, 0.717) is 28.3 Å². The van der Waals surface area contributed by atoms with Crippen LogP contribution in [0.3, 0.4) is 0 Å². The summed E-state index contributed by atoms with van der Waals surface area (Å²) in [6, 6.07) is 14.4. The normalized spacial score (nSPS) is 11.7. The summed E-state index contributed by atoms with van der Waals surface area (Å²) in [6.45, 7) is 1.79. The Hall–Kier alpha value is -3.28. The molecule has 0 saturated heterocycles. The third kappa shape index (κ3) is 4.63. The van der Waals surface area contributed by atoms with E-state index in [-0.39, 0.29) is 0 Å². The van der Waals surface area contributed by atoms with Crippen molar-refractivity contribution < 1.29 is 23.8 Å². The fraction of sp³-hybridized carbons (Fsp3) is 0.200.